The highest BCUT2D eigenvalue weighted by Gasteiger charge is 2.77. The quantitative estimate of drug-likeness (QED) is 0.354. The molecule has 38 heavy (non-hydrogen) atoms. The van der Waals surface area contributed by atoms with Crippen molar-refractivity contribution in [2.75, 3.05) is 33.5 Å². The van der Waals surface area contributed by atoms with Gasteiger partial charge in [-0.15, -0.1) is 0 Å². The summed E-state index contributed by atoms with van der Waals surface area (Å²) in [4.78, 5) is 35.5. The van der Waals surface area contributed by atoms with Gasteiger partial charge in [-0.05, 0) is 29.3 Å². The molecular formula is C28H30N8O2+2. The van der Waals surface area contributed by atoms with Gasteiger partial charge in [-0.1, -0.05) is 36.4 Å². The lowest BCUT2D eigenvalue weighted by Crippen LogP contribution is -2.71. The number of nitrogens with zero attached hydrogens (tertiary/aromatic N) is 4. The van der Waals surface area contributed by atoms with Gasteiger partial charge in [-0.25, -0.2) is 19.0 Å². The number of benzene rings is 2. The normalized spacial score (nSPS) is 30.2. The van der Waals surface area contributed by atoms with Crippen LogP contribution in [0, 0.1) is 0 Å². The third kappa shape index (κ3) is 2.26. The van der Waals surface area contributed by atoms with Crippen LogP contribution < -0.4 is 16.8 Å². The van der Waals surface area contributed by atoms with Gasteiger partial charge in [0.05, 0.1) is 34.1 Å². The van der Waals surface area contributed by atoms with Crippen LogP contribution in [0.1, 0.15) is 17.0 Å². The van der Waals surface area contributed by atoms with Crippen molar-refractivity contribution in [3.63, 3.8) is 0 Å². The smallest absolute Gasteiger partial charge is 0.354 e. The summed E-state index contributed by atoms with van der Waals surface area (Å²) in [5.74, 6) is -0.423. The summed E-state index contributed by atoms with van der Waals surface area (Å²) in [5, 5.41) is 4.59. The van der Waals surface area contributed by atoms with E-state index >= 15 is 0 Å². The van der Waals surface area contributed by atoms with Crippen LogP contribution in [0.25, 0.3) is 16.5 Å². The Hall–Kier alpha value is -4.60. The van der Waals surface area contributed by atoms with Crippen LogP contribution in [-0.2, 0) is 9.59 Å². The molecule has 4 aliphatic rings. The molecule has 1 aromatic heterocycles. The molecule has 3 aliphatic heterocycles. The monoisotopic (exact) mass is 510 g/mol. The van der Waals surface area contributed by atoms with Crippen molar-refractivity contribution >= 4 is 45.9 Å². The van der Waals surface area contributed by atoms with Crippen molar-refractivity contribution in [1.29, 1.82) is 0 Å². The fraction of sp³-hybridized carbons (Fsp3) is 0.286. The number of rotatable bonds is 1. The standard InChI is InChI=1S/C28H28N8O2/c1-33-23(37)27(35(3)25(33)29)13-17-15-9-6-8-12-20(15)32-22(17)28(24(38)34(2)26(30)36(28)4)21(27)18-14-31-19-11-7-5-10-16(18)19/h5-14,21-22,29-32H,1-4H3/p+2/t21-,22-,27+,28-/m1/s1. The topological polar surface area (TPSA) is 126 Å². The minimum absolute atomic E-state index is 0.183. The van der Waals surface area contributed by atoms with Gasteiger partial charge in [0.1, 0.15) is 6.04 Å². The highest BCUT2D eigenvalue weighted by atomic mass is 16.2. The summed E-state index contributed by atoms with van der Waals surface area (Å²) < 4.78 is 3.68. The summed E-state index contributed by atoms with van der Waals surface area (Å²) in [6.07, 6.45) is 3.95. The van der Waals surface area contributed by atoms with Gasteiger partial charge in [0.2, 0.25) is 11.1 Å². The van der Waals surface area contributed by atoms with Gasteiger partial charge in [-0.2, -0.15) is 0 Å². The highest BCUT2D eigenvalue weighted by Crippen LogP contribution is 2.58. The maximum atomic E-state index is 14.7. The summed E-state index contributed by atoms with van der Waals surface area (Å²) in [6.45, 7) is 0. The summed E-state index contributed by atoms with van der Waals surface area (Å²) in [5.41, 5.74) is 15.1. The maximum Gasteiger partial charge on any atom is 0.354 e. The molecule has 4 heterocycles. The van der Waals surface area contributed by atoms with Crippen molar-refractivity contribution in [2.45, 2.75) is 23.0 Å². The van der Waals surface area contributed by atoms with Gasteiger partial charge < -0.3 is 10.3 Å². The fourth-order valence-corrected chi connectivity index (χ4v) is 7.36. The Kier molecular flexibility index (Phi) is 4.18. The Morgan fingerprint density at radius 2 is 1.55 bits per heavy atom. The SMILES string of the molecule is CN1C(=O)[C@@]2([C@@H]3Nc4ccccc4C3=C[C@@]3(C(=O)N(C)C(N)=[N+]3C)[C@H]2c2c[nH]c3ccccc23)[N+](C)=C1N. The van der Waals surface area contributed by atoms with E-state index in [2.05, 4.69) is 10.3 Å². The maximum absolute atomic E-state index is 14.7. The first-order valence-corrected chi connectivity index (χ1v) is 12.6. The zero-order valence-corrected chi connectivity index (χ0v) is 21.7. The van der Waals surface area contributed by atoms with Gasteiger partial charge in [-0.3, -0.25) is 21.1 Å². The Balaban J connectivity index is 1.68. The predicted molar refractivity (Wildman–Crippen MR) is 145 cm³/mol. The summed E-state index contributed by atoms with van der Waals surface area (Å²) in [6, 6.07) is 15.4. The first-order chi connectivity index (χ1) is 18.2. The second kappa shape index (κ2) is 7.03. The lowest BCUT2D eigenvalue weighted by molar-refractivity contribution is -0.603. The minimum atomic E-state index is -1.30. The number of likely N-dealkylation sites (N-methyl/N-ethyl adjacent to an activating group) is 4. The third-order valence-corrected chi connectivity index (χ3v) is 9.26. The Morgan fingerprint density at radius 1 is 0.895 bits per heavy atom. The van der Waals surface area contributed by atoms with E-state index in [9.17, 15) is 9.59 Å². The van der Waals surface area contributed by atoms with Crippen molar-refractivity contribution in [3.8, 4) is 0 Å². The van der Waals surface area contributed by atoms with Gasteiger partial charge in [0, 0.05) is 28.4 Å². The Morgan fingerprint density at radius 3 is 2.24 bits per heavy atom. The molecule has 0 saturated carbocycles. The number of anilines is 1. The van der Waals surface area contributed by atoms with Gasteiger partial charge >= 0.3 is 23.7 Å². The first kappa shape index (κ1) is 22.6. The number of fused-ring (bicyclic) bond motifs is 5. The second-order valence-corrected chi connectivity index (χ2v) is 10.7. The number of nitrogens with one attached hydrogen (secondary N) is 2. The lowest BCUT2D eigenvalue weighted by atomic mass is 9.58. The van der Waals surface area contributed by atoms with Gasteiger partial charge in [0.25, 0.3) is 0 Å². The van der Waals surface area contributed by atoms with Crippen molar-refractivity contribution in [2.24, 2.45) is 11.5 Å². The second-order valence-electron chi connectivity index (χ2n) is 10.7. The van der Waals surface area contributed by atoms with E-state index in [-0.39, 0.29) is 11.8 Å². The van der Waals surface area contributed by atoms with Crippen molar-refractivity contribution in [1.82, 2.24) is 14.8 Å². The molecule has 1 aliphatic carbocycles. The molecule has 0 radical (unpaired) electrons. The molecule has 192 valence electrons. The molecule has 10 heteroatoms. The van der Waals surface area contributed by atoms with Crippen LogP contribution in [0.15, 0.2) is 60.8 Å². The van der Waals surface area contributed by atoms with E-state index in [0.717, 1.165) is 33.3 Å². The zero-order chi connectivity index (χ0) is 26.7. The number of carbonyl (C=O) groups is 2. The molecule has 0 bridgehead atoms. The van der Waals surface area contributed by atoms with Crippen LogP contribution >= 0.6 is 0 Å². The number of carbonyl (C=O) groups excluding carboxylic acids is 2. The largest absolute Gasteiger partial charge is 0.374 e. The average Bonchev–Trinajstić information content (AvgIpc) is 3.61. The number of hydrogen-bond acceptors (Lipinski definition) is 5. The lowest BCUT2D eigenvalue weighted by Gasteiger charge is -2.48. The van der Waals surface area contributed by atoms with Crippen LogP contribution in [0.5, 0.6) is 0 Å². The van der Waals surface area contributed by atoms with E-state index in [1.54, 1.807) is 14.1 Å². The van der Waals surface area contributed by atoms with Crippen LogP contribution in [0.3, 0.4) is 0 Å². The van der Waals surface area contributed by atoms with E-state index in [1.165, 1.54) is 9.80 Å². The number of H-pyrrole nitrogens is 1. The molecule has 2 amide bonds. The summed E-state index contributed by atoms with van der Waals surface area (Å²) in [7, 11) is 7.04. The predicted octanol–water partition coefficient (Wildman–Crippen LogP) is 0.478. The van der Waals surface area contributed by atoms with Crippen LogP contribution in [0.4, 0.5) is 5.69 Å². The third-order valence-electron chi connectivity index (χ3n) is 9.26. The zero-order valence-electron chi connectivity index (χ0n) is 21.7. The van der Waals surface area contributed by atoms with E-state index in [4.69, 9.17) is 11.5 Å². The number of aromatic nitrogens is 1. The number of para-hydroxylation sites is 2. The molecule has 3 aromatic rings. The molecule has 7 rings (SSSR count). The average molecular weight is 511 g/mol. The Labute approximate surface area is 219 Å². The number of nitrogens with two attached hydrogens (primary N) is 2. The molecule has 4 atom stereocenters. The van der Waals surface area contributed by atoms with E-state index < -0.39 is 23.0 Å². The highest BCUT2D eigenvalue weighted by molar-refractivity contribution is 6.12. The van der Waals surface area contributed by atoms with Crippen molar-refractivity contribution < 1.29 is 18.7 Å². The number of aromatic amines is 1. The number of amides is 2. The molecule has 0 unspecified atom stereocenters. The molecule has 10 nitrogen and oxygen atoms in total. The summed E-state index contributed by atoms with van der Waals surface area (Å²) >= 11 is 0. The fourth-order valence-electron chi connectivity index (χ4n) is 7.36. The van der Waals surface area contributed by atoms with Gasteiger partial charge in [0.15, 0.2) is 0 Å². The van der Waals surface area contributed by atoms with E-state index in [0.29, 0.717) is 11.9 Å². The Bertz CT molecular complexity index is 1700. The molecule has 2 aromatic carbocycles. The van der Waals surface area contributed by atoms with Crippen LogP contribution in [0.2, 0.25) is 0 Å². The first-order valence-electron chi connectivity index (χ1n) is 12.6. The number of hydrogen-bond donors (Lipinski definition) is 4. The molecule has 2 spiro atoms. The van der Waals surface area contributed by atoms with Crippen LogP contribution in [-0.4, -0.2) is 93.0 Å². The van der Waals surface area contributed by atoms with Crippen molar-refractivity contribution in [3.05, 3.63) is 71.9 Å². The molecule has 0 saturated heterocycles. The molecular weight excluding hydrogens is 480 g/mol. The number of guanidine groups is 2. The molecule has 6 N–H and O–H groups in total. The van der Waals surface area contributed by atoms with E-state index in [1.807, 2.05) is 84.1 Å². The minimum Gasteiger partial charge on any atom is -0.374 e. The molecule has 0 fully saturated rings.